The van der Waals surface area contributed by atoms with Crippen molar-refractivity contribution < 1.29 is 18.8 Å². The van der Waals surface area contributed by atoms with Crippen molar-refractivity contribution in [3.8, 4) is 0 Å². The van der Waals surface area contributed by atoms with Crippen LogP contribution in [0.5, 0.6) is 0 Å². The zero-order chi connectivity index (χ0) is 11.0. The Morgan fingerprint density at radius 2 is 2.21 bits per heavy atom. The summed E-state index contributed by atoms with van der Waals surface area (Å²) in [6.45, 7) is 2.42. The quantitative estimate of drug-likeness (QED) is 0.623. The summed E-state index contributed by atoms with van der Waals surface area (Å²) in [6.07, 6.45) is 1.87. The number of hydrogen-bond donors (Lipinski definition) is 1. The number of carbonyl (C=O) groups is 1. The van der Waals surface area contributed by atoms with Gasteiger partial charge in [-0.25, -0.2) is 0 Å². The molecule has 0 rings (SSSR count). The van der Waals surface area contributed by atoms with Crippen LogP contribution in [0, 0.1) is 0 Å². The monoisotopic (exact) mass is 222 g/mol. The number of methoxy groups -OCH3 is 1. The Hall–Kier alpha value is -0.420. The normalized spacial score (nSPS) is 15.0. The molecule has 84 valence electrons. The fourth-order valence-electron chi connectivity index (χ4n) is 1.12. The molecule has 0 fully saturated rings. The smallest absolute Gasteiger partial charge is 0.319 e. The number of hydrogen-bond acceptors (Lipinski definition) is 3. The van der Waals surface area contributed by atoms with E-state index in [0.717, 1.165) is 6.42 Å². The van der Waals surface area contributed by atoms with E-state index in [4.69, 9.17) is 9.84 Å². The van der Waals surface area contributed by atoms with Gasteiger partial charge in [-0.1, -0.05) is 13.3 Å². The van der Waals surface area contributed by atoms with Gasteiger partial charge < -0.3 is 9.84 Å². The maximum absolute atomic E-state index is 11.5. The van der Waals surface area contributed by atoms with Gasteiger partial charge in [-0.3, -0.25) is 9.00 Å². The van der Waals surface area contributed by atoms with E-state index in [1.807, 2.05) is 6.92 Å². The van der Waals surface area contributed by atoms with E-state index in [9.17, 15) is 9.00 Å². The molecule has 0 saturated carbocycles. The Bertz CT molecular complexity index is 193. The lowest BCUT2D eigenvalue weighted by molar-refractivity contribution is -0.136. The average molecular weight is 222 g/mol. The molecule has 0 spiro atoms. The van der Waals surface area contributed by atoms with E-state index in [2.05, 4.69) is 0 Å². The van der Waals surface area contributed by atoms with Crippen LogP contribution in [-0.2, 0) is 20.3 Å². The minimum atomic E-state index is -1.27. The number of ether oxygens (including phenoxy) is 1. The zero-order valence-electron chi connectivity index (χ0n) is 8.69. The predicted molar refractivity (Wildman–Crippen MR) is 55.8 cm³/mol. The SMILES string of the molecule is CCCC(C(=O)O)S(=O)CCCOC. The summed E-state index contributed by atoms with van der Waals surface area (Å²) in [5.74, 6) is -0.548. The van der Waals surface area contributed by atoms with Crippen LogP contribution >= 0.6 is 0 Å². The molecule has 14 heavy (non-hydrogen) atoms. The van der Waals surface area contributed by atoms with E-state index in [-0.39, 0.29) is 0 Å². The summed E-state index contributed by atoms with van der Waals surface area (Å²) in [7, 11) is 0.304. The third kappa shape index (κ3) is 5.34. The third-order valence-electron chi connectivity index (χ3n) is 1.84. The molecule has 1 N–H and O–H groups in total. The van der Waals surface area contributed by atoms with Crippen molar-refractivity contribution in [1.29, 1.82) is 0 Å². The van der Waals surface area contributed by atoms with Gasteiger partial charge in [0, 0.05) is 30.3 Å². The summed E-state index contributed by atoms with van der Waals surface area (Å²) < 4.78 is 16.3. The summed E-state index contributed by atoms with van der Waals surface area (Å²) in [4.78, 5) is 10.7. The maximum Gasteiger partial charge on any atom is 0.319 e. The molecule has 0 amide bonds. The second kappa shape index (κ2) is 7.94. The van der Waals surface area contributed by atoms with Crippen LogP contribution in [0.3, 0.4) is 0 Å². The Morgan fingerprint density at radius 1 is 1.57 bits per heavy atom. The molecule has 0 aromatic carbocycles. The second-order valence-corrected chi connectivity index (χ2v) is 4.79. The van der Waals surface area contributed by atoms with Gasteiger partial charge in [0.2, 0.25) is 0 Å². The van der Waals surface area contributed by atoms with Gasteiger partial charge in [0.1, 0.15) is 5.25 Å². The van der Waals surface area contributed by atoms with E-state index in [1.165, 1.54) is 0 Å². The molecule has 0 heterocycles. The van der Waals surface area contributed by atoms with E-state index >= 15 is 0 Å². The molecular weight excluding hydrogens is 204 g/mol. The molecule has 5 heteroatoms. The minimum Gasteiger partial charge on any atom is -0.480 e. The highest BCUT2D eigenvalue weighted by Gasteiger charge is 2.22. The largest absolute Gasteiger partial charge is 0.480 e. The Balaban J connectivity index is 3.96. The van der Waals surface area contributed by atoms with Gasteiger partial charge in [0.15, 0.2) is 0 Å². The van der Waals surface area contributed by atoms with Crippen molar-refractivity contribution >= 4 is 16.8 Å². The molecule has 0 aliphatic heterocycles. The molecule has 0 aromatic heterocycles. The summed E-state index contributed by atoms with van der Waals surface area (Å²) in [5.41, 5.74) is 0. The first-order valence-electron chi connectivity index (χ1n) is 4.72. The van der Waals surface area contributed by atoms with Crippen molar-refractivity contribution in [1.82, 2.24) is 0 Å². The van der Waals surface area contributed by atoms with E-state index in [1.54, 1.807) is 7.11 Å². The van der Waals surface area contributed by atoms with Crippen molar-refractivity contribution in [3.63, 3.8) is 0 Å². The Morgan fingerprint density at radius 3 is 2.64 bits per heavy atom. The van der Waals surface area contributed by atoms with Crippen molar-refractivity contribution in [2.45, 2.75) is 31.4 Å². The molecular formula is C9H18O4S. The van der Waals surface area contributed by atoms with Crippen molar-refractivity contribution in [3.05, 3.63) is 0 Å². The molecule has 0 bridgehead atoms. The number of aliphatic carboxylic acids is 1. The first-order chi connectivity index (χ1) is 6.63. The highest BCUT2D eigenvalue weighted by atomic mass is 32.2. The highest BCUT2D eigenvalue weighted by Crippen LogP contribution is 2.07. The molecule has 0 aliphatic carbocycles. The first-order valence-corrected chi connectivity index (χ1v) is 6.10. The van der Waals surface area contributed by atoms with Crippen LogP contribution in [0.1, 0.15) is 26.2 Å². The van der Waals surface area contributed by atoms with E-state index in [0.29, 0.717) is 25.2 Å². The molecule has 0 aliphatic rings. The van der Waals surface area contributed by atoms with Crippen molar-refractivity contribution in [2.75, 3.05) is 19.5 Å². The van der Waals surface area contributed by atoms with Gasteiger partial charge in [0.05, 0.1) is 0 Å². The molecule has 2 atom stereocenters. The summed E-state index contributed by atoms with van der Waals surface area (Å²) in [5, 5.41) is 8.10. The second-order valence-electron chi connectivity index (χ2n) is 3.05. The Kier molecular flexibility index (Phi) is 7.70. The maximum atomic E-state index is 11.5. The molecule has 0 radical (unpaired) electrons. The lowest BCUT2D eigenvalue weighted by Crippen LogP contribution is -2.27. The number of rotatable bonds is 8. The van der Waals surface area contributed by atoms with Crippen LogP contribution in [0.4, 0.5) is 0 Å². The first kappa shape index (κ1) is 13.6. The topological polar surface area (TPSA) is 63.6 Å². The summed E-state index contributed by atoms with van der Waals surface area (Å²) >= 11 is 0. The highest BCUT2D eigenvalue weighted by molar-refractivity contribution is 7.86. The molecule has 0 aromatic rings. The minimum absolute atomic E-state index is 0.408. The number of carboxylic acids is 1. The van der Waals surface area contributed by atoms with Crippen molar-refractivity contribution in [2.24, 2.45) is 0 Å². The Labute approximate surface area is 87.1 Å². The molecule has 2 unspecified atom stereocenters. The zero-order valence-corrected chi connectivity index (χ0v) is 9.51. The third-order valence-corrected chi connectivity index (χ3v) is 3.60. The van der Waals surface area contributed by atoms with Crippen LogP contribution < -0.4 is 0 Å². The van der Waals surface area contributed by atoms with E-state index < -0.39 is 22.0 Å². The van der Waals surface area contributed by atoms with Crippen LogP contribution in [0.15, 0.2) is 0 Å². The molecule has 4 nitrogen and oxygen atoms in total. The average Bonchev–Trinajstić information content (AvgIpc) is 2.13. The van der Waals surface area contributed by atoms with Crippen LogP contribution in [0.2, 0.25) is 0 Å². The summed E-state index contributed by atoms with van der Waals surface area (Å²) in [6, 6.07) is 0. The fourth-order valence-corrected chi connectivity index (χ4v) is 2.53. The predicted octanol–water partition coefficient (Wildman–Crippen LogP) is 1.02. The fraction of sp³-hybridized carbons (Fsp3) is 0.889. The standard InChI is InChI=1S/C9H18O4S/c1-3-5-8(9(10)11)14(12)7-4-6-13-2/h8H,3-7H2,1-2H3,(H,10,11). The van der Waals surface area contributed by atoms with Crippen LogP contribution in [0.25, 0.3) is 0 Å². The van der Waals surface area contributed by atoms with Gasteiger partial charge in [0.25, 0.3) is 0 Å². The molecule has 0 saturated heterocycles. The number of carboxylic acid groups (broad SMARTS) is 1. The van der Waals surface area contributed by atoms with Gasteiger partial charge >= 0.3 is 5.97 Å². The van der Waals surface area contributed by atoms with Gasteiger partial charge in [-0.2, -0.15) is 0 Å². The lowest BCUT2D eigenvalue weighted by Gasteiger charge is -2.10. The van der Waals surface area contributed by atoms with Gasteiger partial charge in [-0.05, 0) is 12.8 Å². The van der Waals surface area contributed by atoms with Gasteiger partial charge in [-0.15, -0.1) is 0 Å². The van der Waals surface area contributed by atoms with Crippen LogP contribution in [-0.4, -0.2) is 40.0 Å². The lowest BCUT2D eigenvalue weighted by atomic mass is 10.2.